The van der Waals surface area contributed by atoms with Crippen LogP contribution in [-0.4, -0.2) is 20.4 Å². The third-order valence-corrected chi connectivity index (χ3v) is 4.65. The number of rotatable bonds is 4. The zero-order valence-corrected chi connectivity index (χ0v) is 14.1. The van der Waals surface area contributed by atoms with Gasteiger partial charge in [0.2, 0.25) is 0 Å². The third-order valence-electron chi connectivity index (χ3n) is 3.67. The van der Waals surface area contributed by atoms with Crippen molar-refractivity contribution in [3.63, 3.8) is 0 Å². The Balaban J connectivity index is 1.78. The van der Waals surface area contributed by atoms with Gasteiger partial charge in [0, 0.05) is 33.9 Å². The second-order valence-electron chi connectivity index (χ2n) is 5.44. The molecule has 23 heavy (non-hydrogen) atoms. The van der Waals surface area contributed by atoms with E-state index in [1.165, 1.54) is 15.3 Å². The van der Waals surface area contributed by atoms with Crippen LogP contribution in [0.4, 0.5) is 0 Å². The zero-order valence-electron chi connectivity index (χ0n) is 13.3. The molecule has 0 aliphatic carbocycles. The van der Waals surface area contributed by atoms with E-state index in [0.29, 0.717) is 11.4 Å². The van der Waals surface area contributed by atoms with Crippen LogP contribution < -0.4 is 5.32 Å². The number of carbonyl (C=O) groups is 1. The van der Waals surface area contributed by atoms with E-state index in [-0.39, 0.29) is 11.9 Å². The maximum absolute atomic E-state index is 12.5. The molecule has 1 atom stereocenters. The first-order chi connectivity index (χ1) is 11.0. The fourth-order valence-electron chi connectivity index (χ4n) is 2.53. The summed E-state index contributed by atoms with van der Waals surface area (Å²) in [6, 6.07) is 5.58. The summed E-state index contributed by atoms with van der Waals surface area (Å²) in [5.74, 6) is 0.565. The second-order valence-corrected chi connectivity index (χ2v) is 6.90. The summed E-state index contributed by atoms with van der Waals surface area (Å²) in [5, 5.41) is 3.05. The highest BCUT2D eigenvalue weighted by Gasteiger charge is 2.15. The highest BCUT2D eigenvalue weighted by Crippen LogP contribution is 2.26. The van der Waals surface area contributed by atoms with E-state index in [1.54, 1.807) is 53.0 Å². The van der Waals surface area contributed by atoms with E-state index in [4.69, 9.17) is 0 Å². The topological polar surface area (TPSA) is 59.8 Å². The van der Waals surface area contributed by atoms with Crippen molar-refractivity contribution in [3.8, 4) is 5.82 Å². The minimum atomic E-state index is -0.107. The average Bonchev–Trinajstić information content (AvgIpc) is 3.17. The Kier molecular flexibility index (Phi) is 4.25. The SMILES string of the molecule is Cc1cc([C@@H](C)NC(=O)c2ccnc(-n3ccnc3)c2)c(C)s1. The first kappa shape index (κ1) is 15.4. The minimum absolute atomic E-state index is 0.0303. The van der Waals surface area contributed by atoms with Crippen molar-refractivity contribution in [2.45, 2.75) is 26.8 Å². The molecule has 0 saturated heterocycles. The van der Waals surface area contributed by atoms with Crippen molar-refractivity contribution < 1.29 is 4.79 Å². The summed E-state index contributed by atoms with van der Waals surface area (Å²) in [4.78, 5) is 23.3. The number of nitrogens with zero attached hydrogens (tertiary/aromatic N) is 3. The van der Waals surface area contributed by atoms with Crippen LogP contribution in [0.1, 0.15) is 38.6 Å². The van der Waals surface area contributed by atoms with Crippen LogP contribution >= 0.6 is 11.3 Å². The van der Waals surface area contributed by atoms with Gasteiger partial charge in [0.1, 0.15) is 12.1 Å². The summed E-state index contributed by atoms with van der Waals surface area (Å²) >= 11 is 1.75. The van der Waals surface area contributed by atoms with Crippen molar-refractivity contribution in [1.29, 1.82) is 0 Å². The largest absolute Gasteiger partial charge is 0.345 e. The molecule has 0 radical (unpaired) electrons. The maximum atomic E-state index is 12.5. The molecule has 3 aromatic rings. The quantitative estimate of drug-likeness (QED) is 0.799. The molecule has 0 spiro atoms. The summed E-state index contributed by atoms with van der Waals surface area (Å²) < 4.78 is 1.77. The number of hydrogen-bond donors (Lipinski definition) is 1. The number of imidazole rings is 1. The van der Waals surface area contributed by atoms with E-state index in [2.05, 4.69) is 35.2 Å². The van der Waals surface area contributed by atoms with Crippen LogP contribution in [-0.2, 0) is 0 Å². The fourth-order valence-corrected chi connectivity index (χ4v) is 3.56. The summed E-state index contributed by atoms with van der Waals surface area (Å²) in [7, 11) is 0. The van der Waals surface area contributed by atoms with Gasteiger partial charge in [0.15, 0.2) is 0 Å². The van der Waals surface area contributed by atoms with Gasteiger partial charge in [0.25, 0.3) is 5.91 Å². The lowest BCUT2D eigenvalue weighted by molar-refractivity contribution is 0.0939. The van der Waals surface area contributed by atoms with Gasteiger partial charge in [-0.2, -0.15) is 0 Å². The van der Waals surface area contributed by atoms with Crippen molar-refractivity contribution in [2.75, 3.05) is 0 Å². The molecule has 118 valence electrons. The fraction of sp³-hybridized carbons (Fsp3) is 0.235. The minimum Gasteiger partial charge on any atom is -0.345 e. The summed E-state index contributed by atoms with van der Waals surface area (Å²) in [6.45, 7) is 6.17. The molecule has 0 bridgehead atoms. The van der Waals surface area contributed by atoms with Crippen LogP contribution in [0.2, 0.25) is 0 Å². The molecule has 0 unspecified atom stereocenters. The number of amides is 1. The van der Waals surface area contributed by atoms with Gasteiger partial charge >= 0.3 is 0 Å². The number of aryl methyl sites for hydroxylation is 2. The van der Waals surface area contributed by atoms with Crippen LogP contribution in [0.5, 0.6) is 0 Å². The van der Waals surface area contributed by atoms with Gasteiger partial charge in [0.05, 0.1) is 6.04 Å². The normalized spacial score (nSPS) is 12.1. The molecule has 0 aromatic carbocycles. The number of aromatic nitrogens is 3. The van der Waals surface area contributed by atoms with Crippen molar-refractivity contribution in [3.05, 3.63) is 64.0 Å². The number of carbonyl (C=O) groups excluding carboxylic acids is 1. The van der Waals surface area contributed by atoms with Crippen LogP contribution in [0.25, 0.3) is 5.82 Å². The molecule has 0 saturated carbocycles. The second kappa shape index (κ2) is 6.34. The van der Waals surface area contributed by atoms with E-state index in [9.17, 15) is 4.79 Å². The van der Waals surface area contributed by atoms with Crippen molar-refractivity contribution in [1.82, 2.24) is 19.9 Å². The molecule has 3 rings (SSSR count). The molecule has 3 aromatic heterocycles. The van der Waals surface area contributed by atoms with Gasteiger partial charge in [-0.05, 0) is 44.5 Å². The van der Waals surface area contributed by atoms with Crippen molar-refractivity contribution >= 4 is 17.2 Å². The number of pyridine rings is 1. The lowest BCUT2D eigenvalue weighted by atomic mass is 10.1. The van der Waals surface area contributed by atoms with E-state index in [1.807, 2.05) is 6.92 Å². The molecular weight excluding hydrogens is 308 g/mol. The Morgan fingerprint density at radius 2 is 2.13 bits per heavy atom. The molecule has 0 fully saturated rings. The lowest BCUT2D eigenvalue weighted by Crippen LogP contribution is -2.26. The number of nitrogens with one attached hydrogen (secondary N) is 1. The Hall–Kier alpha value is -2.47. The van der Waals surface area contributed by atoms with E-state index in [0.717, 1.165) is 0 Å². The first-order valence-electron chi connectivity index (χ1n) is 7.37. The highest BCUT2D eigenvalue weighted by atomic mass is 32.1. The van der Waals surface area contributed by atoms with Gasteiger partial charge in [-0.3, -0.25) is 9.36 Å². The summed E-state index contributed by atoms with van der Waals surface area (Å²) in [5.41, 5.74) is 1.75. The monoisotopic (exact) mass is 326 g/mol. The standard InChI is InChI=1S/C17H18N4OS/c1-11-8-15(13(3)23-11)12(2)20-17(22)14-4-5-19-16(9-14)21-7-6-18-10-21/h4-10,12H,1-3H3,(H,20,22)/t12-/m1/s1. The van der Waals surface area contributed by atoms with Crippen molar-refractivity contribution in [2.24, 2.45) is 0 Å². The third kappa shape index (κ3) is 3.32. The molecular formula is C17H18N4OS. The molecule has 0 aliphatic heterocycles. The Morgan fingerprint density at radius 3 is 2.78 bits per heavy atom. The molecule has 3 heterocycles. The molecule has 0 aliphatic rings. The Labute approximate surface area is 139 Å². The van der Waals surface area contributed by atoms with E-state index < -0.39 is 0 Å². The predicted molar refractivity (Wildman–Crippen MR) is 91.0 cm³/mol. The predicted octanol–water partition coefficient (Wildman–Crippen LogP) is 3.44. The highest BCUT2D eigenvalue weighted by molar-refractivity contribution is 7.12. The Morgan fingerprint density at radius 1 is 1.30 bits per heavy atom. The Bertz CT molecular complexity index is 823. The summed E-state index contributed by atoms with van der Waals surface area (Å²) in [6.07, 6.45) is 6.77. The van der Waals surface area contributed by atoms with E-state index >= 15 is 0 Å². The molecule has 1 amide bonds. The number of thiophene rings is 1. The molecule has 5 nitrogen and oxygen atoms in total. The zero-order chi connectivity index (χ0) is 16.4. The average molecular weight is 326 g/mol. The maximum Gasteiger partial charge on any atom is 0.251 e. The van der Waals surface area contributed by atoms with Gasteiger partial charge in [-0.1, -0.05) is 0 Å². The van der Waals surface area contributed by atoms with Gasteiger partial charge in [-0.15, -0.1) is 11.3 Å². The van der Waals surface area contributed by atoms with Crippen LogP contribution in [0, 0.1) is 13.8 Å². The van der Waals surface area contributed by atoms with Crippen LogP contribution in [0.15, 0.2) is 43.1 Å². The molecule has 1 N–H and O–H groups in total. The first-order valence-corrected chi connectivity index (χ1v) is 8.18. The van der Waals surface area contributed by atoms with Gasteiger partial charge in [-0.25, -0.2) is 9.97 Å². The lowest BCUT2D eigenvalue weighted by Gasteiger charge is -2.14. The number of hydrogen-bond acceptors (Lipinski definition) is 4. The van der Waals surface area contributed by atoms with Crippen LogP contribution in [0.3, 0.4) is 0 Å². The smallest absolute Gasteiger partial charge is 0.251 e. The van der Waals surface area contributed by atoms with Gasteiger partial charge < -0.3 is 5.32 Å². The molecule has 6 heteroatoms.